The normalized spacial score (nSPS) is 12.2. The van der Waals surface area contributed by atoms with Crippen LogP contribution >= 0.6 is 11.8 Å². The minimum atomic E-state index is -0.338. The van der Waals surface area contributed by atoms with Crippen molar-refractivity contribution < 1.29 is 9.53 Å². The number of aromatic nitrogens is 2. The smallest absolute Gasteiger partial charge is 0.319 e. The SMILES string of the molecule is CCOC(=O)[C@@H](CC)Sc1nc(C)c(CC)c(=O)[nH]1. The molecule has 19 heavy (non-hydrogen) atoms. The van der Waals surface area contributed by atoms with E-state index in [1.165, 1.54) is 11.8 Å². The molecule has 1 N–H and O–H groups in total. The van der Waals surface area contributed by atoms with Gasteiger partial charge in [0.05, 0.1) is 6.61 Å². The lowest BCUT2D eigenvalue weighted by molar-refractivity contribution is -0.142. The van der Waals surface area contributed by atoms with Gasteiger partial charge in [0.2, 0.25) is 0 Å². The highest BCUT2D eigenvalue weighted by molar-refractivity contribution is 8.00. The molecule has 5 nitrogen and oxygen atoms in total. The zero-order valence-electron chi connectivity index (χ0n) is 11.8. The molecule has 0 saturated heterocycles. The average Bonchev–Trinajstić information content (AvgIpc) is 2.35. The quantitative estimate of drug-likeness (QED) is 0.492. The van der Waals surface area contributed by atoms with Crippen molar-refractivity contribution in [3.63, 3.8) is 0 Å². The van der Waals surface area contributed by atoms with Crippen molar-refractivity contribution in [2.75, 3.05) is 6.61 Å². The molecule has 0 aliphatic rings. The topological polar surface area (TPSA) is 72.0 Å². The monoisotopic (exact) mass is 284 g/mol. The molecule has 0 amide bonds. The van der Waals surface area contributed by atoms with E-state index in [1.54, 1.807) is 6.92 Å². The van der Waals surface area contributed by atoms with Gasteiger partial charge in [0, 0.05) is 11.3 Å². The summed E-state index contributed by atoms with van der Waals surface area (Å²) in [4.78, 5) is 30.6. The van der Waals surface area contributed by atoms with Crippen LogP contribution in [-0.4, -0.2) is 27.8 Å². The number of hydrogen-bond donors (Lipinski definition) is 1. The molecule has 0 fully saturated rings. The molecule has 0 bridgehead atoms. The Morgan fingerprint density at radius 1 is 1.42 bits per heavy atom. The summed E-state index contributed by atoms with van der Waals surface area (Å²) in [7, 11) is 0. The summed E-state index contributed by atoms with van der Waals surface area (Å²) in [6.45, 7) is 7.76. The second-order valence-corrected chi connectivity index (χ2v) is 5.25. The van der Waals surface area contributed by atoms with Crippen molar-refractivity contribution in [1.29, 1.82) is 0 Å². The third kappa shape index (κ3) is 4.09. The molecule has 1 atom stereocenters. The van der Waals surface area contributed by atoms with E-state index in [4.69, 9.17) is 4.74 Å². The van der Waals surface area contributed by atoms with Gasteiger partial charge in [0.1, 0.15) is 5.25 Å². The molecule has 0 saturated carbocycles. The Hall–Kier alpha value is -1.30. The van der Waals surface area contributed by atoms with Crippen LogP contribution in [0.4, 0.5) is 0 Å². The summed E-state index contributed by atoms with van der Waals surface area (Å²) in [5, 5.41) is 0.134. The molecule has 1 aromatic rings. The van der Waals surface area contributed by atoms with Crippen molar-refractivity contribution in [2.45, 2.75) is 50.9 Å². The maximum atomic E-state index is 11.8. The summed E-state index contributed by atoms with van der Waals surface area (Å²) in [6, 6.07) is 0. The number of esters is 1. The van der Waals surface area contributed by atoms with E-state index in [-0.39, 0.29) is 16.8 Å². The lowest BCUT2D eigenvalue weighted by Crippen LogP contribution is -2.22. The number of hydrogen-bond acceptors (Lipinski definition) is 5. The molecule has 6 heteroatoms. The number of aromatic amines is 1. The van der Waals surface area contributed by atoms with Crippen molar-refractivity contribution in [3.05, 3.63) is 21.6 Å². The zero-order valence-corrected chi connectivity index (χ0v) is 12.6. The van der Waals surface area contributed by atoms with E-state index in [0.29, 0.717) is 35.9 Å². The van der Waals surface area contributed by atoms with Gasteiger partial charge in [-0.2, -0.15) is 0 Å². The van der Waals surface area contributed by atoms with Gasteiger partial charge in [0.25, 0.3) is 5.56 Å². The van der Waals surface area contributed by atoms with Crippen LogP contribution in [0.2, 0.25) is 0 Å². The molecule has 0 spiro atoms. The number of rotatable bonds is 6. The number of carbonyl (C=O) groups is 1. The lowest BCUT2D eigenvalue weighted by Gasteiger charge is -2.13. The highest BCUT2D eigenvalue weighted by atomic mass is 32.2. The Balaban J connectivity index is 2.92. The molecule has 106 valence electrons. The minimum Gasteiger partial charge on any atom is -0.465 e. The van der Waals surface area contributed by atoms with Crippen LogP contribution in [0.5, 0.6) is 0 Å². The highest BCUT2D eigenvalue weighted by Crippen LogP contribution is 2.22. The average molecular weight is 284 g/mol. The minimum absolute atomic E-state index is 0.129. The Kier molecular flexibility index (Phi) is 6.08. The van der Waals surface area contributed by atoms with E-state index in [9.17, 15) is 9.59 Å². The number of nitrogens with zero attached hydrogens (tertiary/aromatic N) is 1. The summed E-state index contributed by atoms with van der Waals surface area (Å²) in [5.74, 6) is -0.269. The molecule has 1 rings (SSSR count). The van der Waals surface area contributed by atoms with Crippen LogP contribution in [0.15, 0.2) is 9.95 Å². The van der Waals surface area contributed by atoms with Crippen molar-refractivity contribution in [2.24, 2.45) is 0 Å². The first kappa shape index (κ1) is 15.8. The fourth-order valence-corrected chi connectivity index (χ4v) is 2.67. The predicted octanol–water partition coefficient (Wildman–Crippen LogP) is 2.07. The third-order valence-corrected chi connectivity index (χ3v) is 3.96. The first-order valence-corrected chi connectivity index (χ1v) is 7.34. The highest BCUT2D eigenvalue weighted by Gasteiger charge is 2.20. The Labute approximate surface area is 117 Å². The van der Waals surface area contributed by atoms with Gasteiger partial charge in [-0.05, 0) is 26.7 Å². The molecule has 0 unspecified atom stereocenters. The van der Waals surface area contributed by atoms with E-state index in [1.807, 2.05) is 20.8 Å². The van der Waals surface area contributed by atoms with Gasteiger partial charge in [-0.3, -0.25) is 9.59 Å². The van der Waals surface area contributed by atoms with Crippen LogP contribution in [-0.2, 0) is 16.0 Å². The number of aryl methyl sites for hydroxylation is 1. The molecular weight excluding hydrogens is 264 g/mol. The molecule has 0 aromatic carbocycles. The van der Waals surface area contributed by atoms with Gasteiger partial charge in [-0.15, -0.1) is 0 Å². The second-order valence-electron chi connectivity index (χ2n) is 4.06. The molecule has 1 aromatic heterocycles. The molecule has 0 aliphatic carbocycles. The Morgan fingerprint density at radius 3 is 2.58 bits per heavy atom. The van der Waals surface area contributed by atoms with Crippen LogP contribution in [0.25, 0.3) is 0 Å². The van der Waals surface area contributed by atoms with Crippen LogP contribution < -0.4 is 5.56 Å². The van der Waals surface area contributed by atoms with Gasteiger partial charge in [-0.25, -0.2) is 4.98 Å². The zero-order chi connectivity index (χ0) is 14.4. The maximum absolute atomic E-state index is 11.8. The van der Waals surface area contributed by atoms with Crippen LogP contribution in [0, 0.1) is 6.92 Å². The van der Waals surface area contributed by atoms with Gasteiger partial charge in [-0.1, -0.05) is 25.6 Å². The first-order chi connectivity index (χ1) is 9.03. The maximum Gasteiger partial charge on any atom is 0.319 e. The number of thioether (sulfide) groups is 1. The number of ether oxygens (including phenoxy) is 1. The van der Waals surface area contributed by atoms with E-state index < -0.39 is 0 Å². The van der Waals surface area contributed by atoms with E-state index >= 15 is 0 Å². The lowest BCUT2D eigenvalue weighted by atomic mass is 10.2. The summed E-state index contributed by atoms with van der Waals surface area (Å²) in [6.07, 6.45) is 1.27. The van der Waals surface area contributed by atoms with Crippen molar-refractivity contribution in [3.8, 4) is 0 Å². The summed E-state index contributed by atoms with van der Waals surface area (Å²) < 4.78 is 4.99. The predicted molar refractivity (Wildman–Crippen MR) is 75.5 cm³/mol. The molecule has 0 radical (unpaired) electrons. The second kappa shape index (κ2) is 7.33. The summed E-state index contributed by atoms with van der Waals surface area (Å²) >= 11 is 1.24. The van der Waals surface area contributed by atoms with Crippen molar-refractivity contribution >= 4 is 17.7 Å². The van der Waals surface area contributed by atoms with E-state index in [0.717, 1.165) is 0 Å². The van der Waals surface area contributed by atoms with Crippen molar-refractivity contribution in [1.82, 2.24) is 9.97 Å². The number of H-pyrrole nitrogens is 1. The van der Waals surface area contributed by atoms with E-state index in [2.05, 4.69) is 9.97 Å². The van der Waals surface area contributed by atoms with Crippen LogP contribution in [0.1, 0.15) is 38.4 Å². The number of carbonyl (C=O) groups excluding carboxylic acids is 1. The standard InChI is InChI=1S/C13H20N2O3S/c1-5-9-8(4)14-13(15-11(9)16)19-10(6-2)12(17)18-7-3/h10H,5-7H2,1-4H3,(H,14,15,16)/t10-/m1/s1. The first-order valence-electron chi connectivity index (χ1n) is 6.46. The largest absolute Gasteiger partial charge is 0.465 e. The van der Waals surface area contributed by atoms with Gasteiger partial charge < -0.3 is 9.72 Å². The van der Waals surface area contributed by atoms with Gasteiger partial charge in [0.15, 0.2) is 5.16 Å². The summed E-state index contributed by atoms with van der Waals surface area (Å²) in [5.41, 5.74) is 1.28. The Bertz CT molecular complexity index is 499. The Morgan fingerprint density at radius 2 is 2.11 bits per heavy atom. The number of nitrogens with one attached hydrogen (secondary N) is 1. The van der Waals surface area contributed by atoms with Gasteiger partial charge >= 0.3 is 5.97 Å². The fourth-order valence-electron chi connectivity index (χ4n) is 1.72. The van der Waals surface area contributed by atoms with Crippen LogP contribution in [0.3, 0.4) is 0 Å². The third-order valence-electron chi connectivity index (χ3n) is 2.73. The molecular formula is C13H20N2O3S. The fraction of sp³-hybridized carbons (Fsp3) is 0.615. The molecule has 0 aliphatic heterocycles. The molecule has 1 heterocycles.